The molecule has 0 bridgehead atoms. The second kappa shape index (κ2) is 17.2. The lowest BCUT2D eigenvalue weighted by Crippen LogP contribution is -2.30. The minimum absolute atomic E-state index is 0.0204. The lowest BCUT2D eigenvalue weighted by Gasteiger charge is -2.18. The summed E-state index contributed by atoms with van der Waals surface area (Å²) in [7, 11) is 4.22. The number of carbonyl (C=O) groups excluding carboxylic acids is 3. The fourth-order valence-corrected chi connectivity index (χ4v) is 5.80. The summed E-state index contributed by atoms with van der Waals surface area (Å²) in [4.78, 5) is 40.1. The fourth-order valence-electron chi connectivity index (χ4n) is 4.79. The van der Waals surface area contributed by atoms with Gasteiger partial charge in [0.25, 0.3) is 11.8 Å². The van der Waals surface area contributed by atoms with Crippen molar-refractivity contribution in [1.82, 2.24) is 5.32 Å². The predicted molar refractivity (Wildman–Crippen MR) is 183 cm³/mol. The van der Waals surface area contributed by atoms with Crippen molar-refractivity contribution in [2.24, 2.45) is 0 Å². The van der Waals surface area contributed by atoms with Gasteiger partial charge in [-0.25, -0.2) is 17.6 Å². The molecule has 1 atom stereocenters. The summed E-state index contributed by atoms with van der Waals surface area (Å²) in [6, 6.07) is 17.0. The molecule has 0 heterocycles. The van der Waals surface area contributed by atoms with Crippen LogP contribution < -0.4 is 30.2 Å². The van der Waals surface area contributed by atoms with Gasteiger partial charge in [-0.2, -0.15) is 13.2 Å². The minimum atomic E-state index is -5.75. The standard InChI is InChI=1S/C36H30F7N3O6S/c1-5-26(35(49)46-32-30(39)28(37)27(36(41,42)43)29(38)31(32)40)53-21-13-9-12-20(16-21)44-34(48)22(45-33(47)18-10-7-6-8-11-18)14-19-15-24(51-3)25(52-4)17-23(19)50-2/h6-17,26H,5H2,1-4H3,(H,44,48)(H,45,47)(H,46,49)/b22-14+. The highest BCUT2D eigenvalue weighted by Gasteiger charge is 2.42. The number of alkyl halides is 3. The van der Waals surface area contributed by atoms with E-state index in [2.05, 4.69) is 10.6 Å². The Kier molecular flexibility index (Phi) is 13.0. The number of rotatable bonds is 13. The number of thioether (sulfide) groups is 1. The second-order valence-corrected chi connectivity index (χ2v) is 12.1. The largest absolute Gasteiger partial charge is 0.496 e. The van der Waals surface area contributed by atoms with E-state index in [9.17, 15) is 45.1 Å². The van der Waals surface area contributed by atoms with Crippen LogP contribution in [0, 0.1) is 23.3 Å². The monoisotopic (exact) mass is 765 g/mol. The topological polar surface area (TPSA) is 115 Å². The van der Waals surface area contributed by atoms with Crippen molar-refractivity contribution in [1.29, 1.82) is 0 Å². The molecule has 9 nitrogen and oxygen atoms in total. The Labute approximate surface area is 302 Å². The molecule has 0 saturated carbocycles. The summed E-state index contributed by atoms with van der Waals surface area (Å²) in [5.41, 5.74) is -3.99. The van der Waals surface area contributed by atoms with E-state index in [0.29, 0.717) is 22.0 Å². The quantitative estimate of drug-likeness (QED) is 0.0544. The van der Waals surface area contributed by atoms with Crippen LogP contribution >= 0.6 is 11.8 Å². The van der Waals surface area contributed by atoms with Gasteiger partial charge in [-0.05, 0) is 48.9 Å². The van der Waals surface area contributed by atoms with E-state index in [4.69, 9.17) is 14.2 Å². The fraction of sp³-hybridized carbons (Fsp3) is 0.194. The molecule has 0 aliphatic carbocycles. The summed E-state index contributed by atoms with van der Waals surface area (Å²) >= 11 is 0.814. The van der Waals surface area contributed by atoms with Crippen LogP contribution in [0.15, 0.2) is 77.3 Å². The van der Waals surface area contributed by atoms with Crippen LogP contribution in [0.25, 0.3) is 6.08 Å². The summed E-state index contributed by atoms with van der Waals surface area (Å²) in [6.45, 7) is 1.50. The van der Waals surface area contributed by atoms with E-state index in [-0.39, 0.29) is 29.1 Å². The SMILES string of the molecule is CCC(Sc1cccc(NC(=O)/C(=C\c2cc(OC)c(OC)cc2OC)NC(=O)c2ccccc2)c1)C(=O)Nc1c(F)c(F)c(C(F)(F)F)c(F)c1F. The highest BCUT2D eigenvalue weighted by molar-refractivity contribution is 8.00. The number of nitrogens with one attached hydrogen (secondary N) is 3. The van der Waals surface area contributed by atoms with Crippen LogP contribution in [0.3, 0.4) is 0 Å². The third kappa shape index (κ3) is 9.40. The average Bonchev–Trinajstić information content (AvgIpc) is 3.14. The van der Waals surface area contributed by atoms with Gasteiger partial charge in [-0.1, -0.05) is 31.2 Å². The van der Waals surface area contributed by atoms with E-state index < -0.39 is 63.7 Å². The highest BCUT2D eigenvalue weighted by atomic mass is 32.2. The molecule has 3 N–H and O–H groups in total. The van der Waals surface area contributed by atoms with Crippen molar-refractivity contribution in [2.45, 2.75) is 29.7 Å². The van der Waals surface area contributed by atoms with Crippen LogP contribution in [0.5, 0.6) is 17.2 Å². The number of hydrogen-bond donors (Lipinski definition) is 3. The number of methoxy groups -OCH3 is 3. The number of anilines is 2. The zero-order valence-electron chi connectivity index (χ0n) is 28.2. The molecule has 3 amide bonds. The van der Waals surface area contributed by atoms with Gasteiger partial charge in [0.1, 0.15) is 22.7 Å². The molecule has 0 spiro atoms. The molecule has 4 aromatic carbocycles. The molecule has 1 unspecified atom stereocenters. The van der Waals surface area contributed by atoms with Crippen molar-refractivity contribution in [3.63, 3.8) is 0 Å². The third-order valence-electron chi connectivity index (χ3n) is 7.39. The number of benzene rings is 4. The zero-order chi connectivity index (χ0) is 39.0. The Morgan fingerprint density at radius 3 is 1.94 bits per heavy atom. The van der Waals surface area contributed by atoms with Crippen LogP contribution in [0.4, 0.5) is 42.1 Å². The summed E-state index contributed by atoms with van der Waals surface area (Å²) in [5, 5.41) is 5.70. The highest BCUT2D eigenvalue weighted by Crippen LogP contribution is 2.39. The number of ether oxygens (including phenoxy) is 3. The van der Waals surface area contributed by atoms with E-state index in [1.54, 1.807) is 23.5 Å². The van der Waals surface area contributed by atoms with Gasteiger partial charge in [0.2, 0.25) is 5.91 Å². The maximum atomic E-state index is 14.5. The summed E-state index contributed by atoms with van der Waals surface area (Å²) in [5.74, 6) is -12.0. The smallest absolute Gasteiger partial charge is 0.422 e. The average molecular weight is 766 g/mol. The van der Waals surface area contributed by atoms with Gasteiger partial charge in [-0.15, -0.1) is 11.8 Å². The first-order valence-electron chi connectivity index (χ1n) is 15.3. The molecular formula is C36H30F7N3O6S. The van der Waals surface area contributed by atoms with Crippen molar-refractivity contribution in [3.05, 3.63) is 112 Å². The molecule has 280 valence electrons. The molecule has 4 rings (SSSR count). The Morgan fingerprint density at radius 2 is 1.38 bits per heavy atom. The molecule has 4 aromatic rings. The Balaban J connectivity index is 1.61. The number of carbonyl (C=O) groups is 3. The maximum absolute atomic E-state index is 14.5. The van der Waals surface area contributed by atoms with Gasteiger partial charge < -0.3 is 30.2 Å². The van der Waals surface area contributed by atoms with Crippen molar-refractivity contribution in [2.75, 3.05) is 32.0 Å². The number of halogens is 7. The first kappa shape index (κ1) is 40.1. The number of hydrogen-bond acceptors (Lipinski definition) is 7. The normalized spacial score (nSPS) is 12.1. The van der Waals surface area contributed by atoms with Gasteiger partial charge in [-0.3, -0.25) is 14.4 Å². The molecular weight excluding hydrogens is 735 g/mol. The first-order chi connectivity index (χ1) is 25.1. The molecule has 53 heavy (non-hydrogen) atoms. The van der Waals surface area contributed by atoms with E-state index in [0.717, 1.165) is 11.8 Å². The van der Waals surface area contributed by atoms with Crippen molar-refractivity contribution >= 4 is 46.9 Å². The third-order valence-corrected chi connectivity index (χ3v) is 8.75. The molecule has 0 aromatic heterocycles. The molecule has 0 saturated heterocycles. The maximum Gasteiger partial charge on any atom is 0.422 e. The molecule has 17 heteroatoms. The lowest BCUT2D eigenvalue weighted by molar-refractivity contribution is -0.143. The van der Waals surface area contributed by atoms with Crippen LogP contribution in [0.1, 0.15) is 34.8 Å². The summed E-state index contributed by atoms with van der Waals surface area (Å²) in [6.07, 6.45) is -4.42. The lowest BCUT2D eigenvalue weighted by atomic mass is 10.1. The van der Waals surface area contributed by atoms with Gasteiger partial charge in [0, 0.05) is 27.8 Å². The van der Waals surface area contributed by atoms with E-state index in [1.807, 2.05) is 0 Å². The van der Waals surface area contributed by atoms with E-state index in [1.165, 1.54) is 82.9 Å². The Hall–Kier alpha value is -5.71. The first-order valence-corrected chi connectivity index (χ1v) is 16.2. The molecule has 0 fully saturated rings. The molecule has 0 aliphatic heterocycles. The van der Waals surface area contributed by atoms with Crippen molar-refractivity contribution in [3.8, 4) is 17.2 Å². The zero-order valence-corrected chi connectivity index (χ0v) is 29.0. The van der Waals surface area contributed by atoms with Crippen LogP contribution in [0.2, 0.25) is 0 Å². The van der Waals surface area contributed by atoms with Gasteiger partial charge >= 0.3 is 6.18 Å². The minimum Gasteiger partial charge on any atom is -0.496 e. The van der Waals surface area contributed by atoms with Gasteiger partial charge in [0.15, 0.2) is 34.8 Å². The Bertz CT molecular complexity index is 2020. The van der Waals surface area contributed by atoms with Crippen LogP contribution in [-0.2, 0) is 15.8 Å². The van der Waals surface area contributed by atoms with Crippen molar-refractivity contribution < 1.29 is 59.3 Å². The van der Waals surface area contributed by atoms with Gasteiger partial charge in [0.05, 0.1) is 26.6 Å². The summed E-state index contributed by atoms with van der Waals surface area (Å²) < 4.78 is 112. The second-order valence-electron chi connectivity index (χ2n) is 10.8. The molecule has 0 aliphatic rings. The predicted octanol–water partition coefficient (Wildman–Crippen LogP) is 8.21. The van der Waals surface area contributed by atoms with Crippen LogP contribution in [-0.4, -0.2) is 44.3 Å². The van der Waals surface area contributed by atoms with E-state index >= 15 is 0 Å². The Morgan fingerprint density at radius 1 is 0.774 bits per heavy atom. The molecule has 0 radical (unpaired) electrons. The number of amides is 3.